The molecule has 0 fully saturated rings. The second-order valence-corrected chi connectivity index (χ2v) is 3.39. The Kier molecular flexibility index (Phi) is 3.89. The molecular formula is C9H11BrN2O. The normalized spacial score (nSPS) is 9.69. The van der Waals surface area contributed by atoms with Crippen molar-refractivity contribution in [1.29, 1.82) is 0 Å². The van der Waals surface area contributed by atoms with E-state index in [4.69, 9.17) is 0 Å². The lowest BCUT2D eigenvalue weighted by atomic mass is 10.3. The van der Waals surface area contributed by atoms with Gasteiger partial charge in [-0.3, -0.25) is 4.79 Å². The molecule has 0 aliphatic heterocycles. The molecular weight excluding hydrogens is 232 g/mol. The number of rotatable bonds is 3. The zero-order chi connectivity index (χ0) is 9.68. The molecule has 1 aromatic heterocycles. The summed E-state index contributed by atoms with van der Waals surface area (Å²) in [7, 11) is 0. The maximum atomic E-state index is 11.2. The number of carbonyl (C=O) groups is 1. The third-order valence-electron chi connectivity index (χ3n) is 1.51. The molecule has 0 aliphatic carbocycles. The Morgan fingerprint density at radius 3 is 3.08 bits per heavy atom. The van der Waals surface area contributed by atoms with E-state index in [1.807, 2.05) is 13.0 Å². The van der Waals surface area contributed by atoms with Crippen LogP contribution < -0.4 is 5.32 Å². The molecule has 1 rings (SSSR count). The second kappa shape index (κ2) is 4.97. The Hall–Kier alpha value is -0.900. The van der Waals surface area contributed by atoms with Crippen molar-refractivity contribution < 1.29 is 4.79 Å². The molecule has 4 heteroatoms. The van der Waals surface area contributed by atoms with Gasteiger partial charge in [0.25, 0.3) is 0 Å². The lowest BCUT2D eigenvalue weighted by Crippen LogP contribution is -2.11. The predicted molar refractivity (Wildman–Crippen MR) is 55.5 cm³/mol. The molecule has 0 spiro atoms. The van der Waals surface area contributed by atoms with Crippen molar-refractivity contribution in [3.05, 3.63) is 22.9 Å². The van der Waals surface area contributed by atoms with Gasteiger partial charge in [-0.25, -0.2) is 4.98 Å². The second-order valence-electron chi connectivity index (χ2n) is 2.64. The highest BCUT2D eigenvalue weighted by atomic mass is 79.9. The summed E-state index contributed by atoms with van der Waals surface area (Å²) in [6, 6.07) is 3.59. The summed E-state index contributed by atoms with van der Waals surface area (Å²) in [5, 5.41) is 2.76. The number of nitrogens with one attached hydrogen (secondary N) is 1. The van der Waals surface area contributed by atoms with E-state index in [0.717, 1.165) is 12.1 Å². The van der Waals surface area contributed by atoms with Gasteiger partial charge >= 0.3 is 0 Å². The number of carbonyl (C=O) groups excluding carboxylic acids is 1. The van der Waals surface area contributed by atoms with Crippen LogP contribution in [0, 0.1) is 0 Å². The minimum atomic E-state index is 0.0243. The number of hydrogen-bond donors (Lipinski definition) is 1. The fourth-order valence-corrected chi connectivity index (χ4v) is 1.27. The third-order valence-corrected chi connectivity index (χ3v) is 2.14. The van der Waals surface area contributed by atoms with E-state index >= 15 is 0 Å². The SMILES string of the molecule is CCCC(=O)Nc1cccnc1Br. The van der Waals surface area contributed by atoms with Crippen molar-refractivity contribution in [1.82, 2.24) is 4.98 Å². The van der Waals surface area contributed by atoms with Gasteiger partial charge in [0.15, 0.2) is 0 Å². The van der Waals surface area contributed by atoms with E-state index < -0.39 is 0 Å². The standard InChI is InChI=1S/C9H11BrN2O/c1-2-4-8(13)12-7-5-3-6-11-9(7)10/h3,5-6H,2,4H2,1H3,(H,12,13). The predicted octanol–water partition coefficient (Wildman–Crippen LogP) is 2.58. The summed E-state index contributed by atoms with van der Waals surface area (Å²) in [6.45, 7) is 1.97. The van der Waals surface area contributed by atoms with E-state index in [1.165, 1.54) is 0 Å². The highest BCUT2D eigenvalue weighted by Gasteiger charge is 2.03. The fourth-order valence-electron chi connectivity index (χ4n) is 0.919. The van der Waals surface area contributed by atoms with E-state index in [1.54, 1.807) is 12.3 Å². The molecule has 1 N–H and O–H groups in total. The maximum absolute atomic E-state index is 11.2. The van der Waals surface area contributed by atoms with Crippen LogP contribution in [0.2, 0.25) is 0 Å². The largest absolute Gasteiger partial charge is 0.324 e. The van der Waals surface area contributed by atoms with E-state index in [9.17, 15) is 4.79 Å². The summed E-state index contributed by atoms with van der Waals surface area (Å²) in [6.07, 6.45) is 3.06. The number of aromatic nitrogens is 1. The van der Waals surface area contributed by atoms with E-state index in [0.29, 0.717) is 11.0 Å². The lowest BCUT2D eigenvalue weighted by molar-refractivity contribution is -0.116. The van der Waals surface area contributed by atoms with E-state index in [-0.39, 0.29) is 5.91 Å². The average Bonchev–Trinajstić information content (AvgIpc) is 2.09. The van der Waals surface area contributed by atoms with Gasteiger partial charge in [0.1, 0.15) is 4.60 Å². The first-order valence-electron chi connectivity index (χ1n) is 4.14. The Bertz CT molecular complexity index is 301. The zero-order valence-corrected chi connectivity index (χ0v) is 8.97. The molecule has 1 amide bonds. The topological polar surface area (TPSA) is 42.0 Å². The molecule has 3 nitrogen and oxygen atoms in total. The molecule has 0 unspecified atom stereocenters. The number of nitrogens with zero attached hydrogens (tertiary/aromatic N) is 1. The summed E-state index contributed by atoms with van der Waals surface area (Å²) in [4.78, 5) is 15.2. The monoisotopic (exact) mass is 242 g/mol. The van der Waals surface area contributed by atoms with Crippen LogP contribution in [0.4, 0.5) is 5.69 Å². The fraction of sp³-hybridized carbons (Fsp3) is 0.333. The molecule has 0 atom stereocenters. The van der Waals surface area contributed by atoms with Crippen molar-refractivity contribution in [2.45, 2.75) is 19.8 Å². The smallest absolute Gasteiger partial charge is 0.224 e. The summed E-state index contributed by atoms with van der Waals surface area (Å²) >= 11 is 3.25. The average molecular weight is 243 g/mol. The number of amides is 1. The van der Waals surface area contributed by atoms with Gasteiger partial charge in [-0.2, -0.15) is 0 Å². The number of anilines is 1. The van der Waals surface area contributed by atoms with Crippen molar-refractivity contribution in [3.8, 4) is 0 Å². The third kappa shape index (κ3) is 3.14. The van der Waals surface area contributed by atoms with Crippen molar-refractivity contribution >= 4 is 27.5 Å². The molecule has 0 aliphatic rings. The minimum absolute atomic E-state index is 0.0243. The highest BCUT2D eigenvalue weighted by Crippen LogP contribution is 2.18. The first kappa shape index (κ1) is 10.2. The zero-order valence-electron chi connectivity index (χ0n) is 7.38. The Morgan fingerprint density at radius 1 is 1.69 bits per heavy atom. The first-order valence-corrected chi connectivity index (χ1v) is 4.93. The Labute approximate surface area is 85.7 Å². The Balaban J connectivity index is 2.63. The van der Waals surface area contributed by atoms with Gasteiger partial charge in [0.05, 0.1) is 5.69 Å². The van der Waals surface area contributed by atoms with Crippen LogP contribution in [0.3, 0.4) is 0 Å². The summed E-state index contributed by atoms with van der Waals surface area (Å²) < 4.78 is 0.666. The quantitative estimate of drug-likeness (QED) is 0.829. The van der Waals surface area contributed by atoms with Crippen LogP contribution in [-0.4, -0.2) is 10.9 Å². The maximum Gasteiger partial charge on any atom is 0.224 e. The first-order chi connectivity index (χ1) is 6.24. The molecule has 0 saturated heterocycles. The molecule has 0 bridgehead atoms. The number of pyridine rings is 1. The lowest BCUT2D eigenvalue weighted by Gasteiger charge is -2.04. The van der Waals surface area contributed by atoms with E-state index in [2.05, 4.69) is 26.2 Å². The molecule has 1 heterocycles. The molecule has 0 saturated carbocycles. The van der Waals surface area contributed by atoms with Gasteiger partial charge in [-0.05, 0) is 34.5 Å². The van der Waals surface area contributed by atoms with Crippen molar-refractivity contribution in [2.75, 3.05) is 5.32 Å². The van der Waals surface area contributed by atoms with Gasteiger partial charge in [0.2, 0.25) is 5.91 Å². The van der Waals surface area contributed by atoms with Crippen molar-refractivity contribution in [2.24, 2.45) is 0 Å². The van der Waals surface area contributed by atoms with Crippen LogP contribution in [-0.2, 0) is 4.79 Å². The van der Waals surface area contributed by atoms with Gasteiger partial charge in [-0.15, -0.1) is 0 Å². The number of halogens is 1. The minimum Gasteiger partial charge on any atom is -0.324 e. The molecule has 0 radical (unpaired) electrons. The van der Waals surface area contributed by atoms with Gasteiger partial charge < -0.3 is 5.32 Å². The van der Waals surface area contributed by atoms with Crippen LogP contribution in [0.15, 0.2) is 22.9 Å². The van der Waals surface area contributed by atoms with Gasteiger partial charge in [-0.1, -0.05) is 6.92 Å². The van der Waals surface area contributed by atoms with Crippen LogP contribution in [0.25, 0.3) is 0 Å². The van der Waals surface area contributed by atoms with Crippen LogP contribution in [0.5, 0.6) is 0 Å². The summed E-state index contributed by atoms with van der Waals surface area (Å²) in [5.74, 6) is 0.0243. The molecule has 0 aromatic carbocycles. The molecule has 70 valence electrons. The summed E-state index contributed by atoms with van der Waals surface area (Å²) in [5.41, 5.74) is 0.723. The van der Waals surface area contributed by atoms with Crippen LogP contribution in [0.1, 0.15) is 19.8 Å². The van der Waals surface area contributed by atoms with Crippen LogP contribution >= 0.6 is 15.9 Å². The Morgan fingerprint density at radius 2 is 2.46 bits per heavy atom. The van der Waals surface area contributed by atoms with Crippen molar-refractivity contribution in [3.63, 3.8) is 0 Å². The highest BCUT2D eigenvalue weighted by molar-refractivity contribution is 9.10. The van der Waals surface area contributed by atoms with Gasteiger partial charge in [0, 0.05) is 12.6 Å². The molecule has 1 aromatic rings. The molecule has 13 heavy (non-hydrogen) atoms. The number of hydrogen-bond acceptors (Lipinski definition) is 2.